The van der Waals surface area contributed by atoms with Gasteiger partial charge in [-0.05, 0) is 48.0 Å². The Bertz CT molecular complexity index is 528. The highest BCUT2D eigenvalue weighted by Gasteiger charge is 2.29. The number of nitrogens with one attached hydrogen (secondary N) is 1. The molecule has 0 bridgehead atoms. The van der Waals surface area contributed by atoms with E-state index in [0.29, 0.717) is 0 Å². The smallest absolute Gasteiger partial charge is 0.133 e. The molecule has 0 atom stereocenters. The molecule has 2 heterocycles. The van der Waals surface area contributed by atoms with Crippen molar-refractivity contribution in [2.45, 2.75) is 25.3 Å². The zero-order chi connectivity index (χ0) is 11.8. The second-order valence-corrected chi connectivity index (χ2v) is 7.78. The molecule has 0 amide bonds. The fourth-order valence-electron chi connectivity index (χ4n) is 1.86. The van der Waals surface area contributed by atoms with Gasteiger partial charge in [0.25, 0.3) is 0 Å². The van der Waals surface area contributed by atoms with Crippen molar-refractivity contribution in [2.75, 3.05) is 7.05 Å². The summed E-state index contributed by atoms with van der Waals surface area (Å²) in [6.45, 7) is 0.941. The molecule has 2 aromatic heterocycles. The first-order valence-corrected chi connectivity index (χ1v) is 8.10. The molecule has 2 nitrogen and oxygen atoms in total. The second kappa shape index (κ2) is 4.80. The van der Waals surface area contributed by atoms with Crippen molar-refractivity contribution in [1.29, 1.82) is 0 Å². The highest BCUT2D eigenvalue weighted by Crippen LogP contribution is 2.45. The summed E-state index contributed by atoms with van der Waals surface area (Å²) in [4.78, 5) is 7.52. The van der Waals surface area contributed by atoms with E-state index in [0.717, 1.165) is 12.5 Å². The molecule has 1 saturated carbocycles. The molecule has 90 valence electrons. The Labute approximate surface area is 117 Å². The maximum atomic E-state index is 4.84. The normalized spacial score (nSPS) is 15.4. The monoisotopic (exact) mass is 328 g/mol. The van der Waals surface area contributed by atoms with Gasteiger partial charge >= 0.3 is 0 Å². The lowest BCUT2D eigenvalue weighted by molar-refractivity contribution is 0.813. The van der Waals surface area contributed by atoms with E-state index < -0.39 is 0 Å². The number of hydrogen-bond donors (Lipinski definition) is 1. The van der Waals surface area contributed by atoms with E-state index in [-0.39, 0.29) is 0 Å². The summed E-state index contributed by atoms with van der Waals surface area (Å²) < 4.78 is 1.17. The fourth-order valence-corrected chi connectivity index (χ4v) is 4.46. The molecule has 0 aliphatic heterocycles. The lowest BCUT2D eigenvalue weighted by Gasteiger charge is -1.97. The predicted octanol–water partition coefficient (Wildman–Crippen LogP) is 4.23. The van der Waals surface area contributed by atoms with Crippen LogP contribution in [-0.4, -0.2) is 12.0 Å². The predicted molar refractivity (Wildman–Crippen MR) is 77.9 cm³/mol. The lowest BCUT2D eigenvalue weighted by atomic mass is 10.2. The topological polar surface area (TPSA) is 24.9 Å². The Morgan fingerprint density at radius 2 is 2.24 bits per heavy atom. The minimum atomic E-state index is 0.728. The van der Waals surface area contributed by atoms with Gasteiger partial charge in [-0.2, -0.15) is 0 Å². The zero-order valence-corrected chi connectivity index (χ0v) is 12.7. The summed E-state index contributed by atoms with van der Waals surface area (Å²) in [7, 11) is 2.00. The van der Waals surface area contributed by atoms with Gasteiger partial charge in [0.05, 0.1) is 14.4 Å². The Hall–Kier alpha value is -0.230. The van der Waals surface area contributed by atoms with Crippen LogP contribution in [0.4, 0.5) is 0 Å². The van der Waals surface area contributed by atoms with E-state index in [9.17, 15) is 0 Å². The van der Waals surface area contributed by atoms with Gasteiger partial charge in [0.1, 0.15) is 5.01 Å². The average molecular weight is 329 g/mol. The van der Waals surface area contributed by atoms with Crippen LogP contribution >= 0.6 is 38.6 Å². The first-order valence-electron chi connectivity index (χ1n) is 5.68. The van der Waals surface area contributed by atoms with Crippen LogP contribution in [0.25, 0.3) is 9.88 Å². The van der Waals surface area contributed by atoms with E-state index in [4.69, 9.17) is 4.98 Å². The van der Waals surface area contributed by atoms with Gasteiger partial charge in [-0.15, -0.1) is 22.7 Å². The number of thiazole rings is 1. The molecule has 5 heteroatoms. The van der Waals surface area contributed by atoms with E-state index in [1.54, 1.807) is 11.3 Å². The zero-order valence-electron chi connectivity index (χ0n) is 9.50. The van der Waals surface area contributed by atoms with Crippen LogP contribution in [0.3, 0.4) is 0 Å². The van der Waals surface area contributed by atoms with Crippen molar-refractivity contribution in [3.05, 3.63) is 26.5 Å². The van der Waals surface area contributed by atoms with Crippen LogP contribution in [0.2, 0.25) is 0 Å². The highest BCUT2D eigenvalue weighted by molar-refractivity contribution is 9.11. The van der Waals surface area contributed by atoms with Gasteiger partial charge in [-0.25, -0.2) is 4.98 Å². The Morgan fingerprint density at radius 1 is 1.41 bits per heavy atom. The summed E-state index contributed by atoms with van der Waals surface area (Å²) in [5.74, 6) is 0.728. The van der Waals surface area contributed by atoms with Gasteiger partial charge in [0, 0.05) is 17.3 Å². The number of rotatable bonds is 4. The molecule has 1 aliphatic carbocycles. The lowest BCUT2D eigenvalue weighted by Crippen LogP contribution is -2.05. The van der Waals surface area contributed by atoms with E-state index >= 15 is 0 Å². The van der Waals surface area contributed by atoms with Crippen LogP contribution in [0.15, 0.2) is 15.9 Å². The fraction of sp³-hybridized carbons (Fsp3) is 0.417. The molecule has 0 unspecified atom stereocenters. The first-order chi connectivity index (χ1) is 8.28. The van der Waals surface area contributed by atoms with Crippen LogP contribution in [-0.2, 0) is 6.54 Å². The Balaban J connectivity index is 1.97. The maximum Gasteiger partial charge on any atom is 0.133 e. The quantitative estimate of drug-likeness (QED) is 0.908. The van der Waals surface area contributed by atoms with Gasteiger partial charge in [-0.1, -0.05) is 0 Å². The molecule has 1 N–H and O–H groups in total. The molecular weight excluding hydrogens is 316 g/mol. The van der Waals surface area contributed by atoms with Crippen LogP contribution < -0.4 is 5.32 Å². The van der Waals surface area contributed by atoms with Gasteiger partial charge in [-0.3, -0.25) is 0 Å². The molecule has 0 aromatic carbocycles. The highest BCUT2D eigenvalue weighted by atomic mass is 79.9. The SMILES string of the molecule is CNCc1sc(-c2ccc(Br)s2)nc1C1CC1. The van der Waals surface area contributed by atoms with Crippen molar-refractivity contribution in [3.63, 3.8) is 0 Å². The number of nitrogens with zero attached hydrogens (tertiary/aromatic N) is 1. The molecule has 1 aliphatic rings. The number of halogens is 1. The average Bonchev–Trinajstić information content (AvgIpc) is 2.93. The second-order valence-electron chi connectivity index (χ2n) is 4.24. The third-order valence-electron chi connectivity index (χ3n) is 2.81. The summed E-state index contributed by atoms with van der Waals surface area (Å²) in [5.41, 5.74) is 1.34. The van der Waals surface area contributed by atoms with Crippen molar-refractivity contribution in [3.8, 4) is 9.88 Å². The summed E-state index contributed by atoms with van der Waals surface area (Å²) in [5, 5.41) is 4.42. The Kier molecular flexibility index (Phi) is 3.34. The molecule has 17 heavy (non-hydrogen) atoms. The van der Waals surface area contributed by atoms with Crippen LogP contribution in [0.1, 0.15) is 29.3 Å². The molecule has 0 saturated heterocycles. The van der Waals surface area contributed by atoms with Gasteiger partial charge < -0.3 is 5.32 Å². The van der Waals surface area contributed by atoms with E-state index in [1.165, 1.54) is 37.1 Å². The van der Waals surface area contributed by atoms with Crippen LogP contribution in [0, 0.1) is 0 Å². The summed E-state index contributed by atoms with van der Waals surface area (Å²) in [6.07, 6.45) is 2.63. The number of thiophene rings is 1. The molecule has 0 radical (unpaired) electrons. The minimum absolute atomic E-state index is 0.728. The molecule has 1 fully saturated rings. The molecular formula is C12H13BrN2S2. The summed E-state index contributed by atoms with van der Waals surface area (Å²) in [6, 6.07) is 4.24. The van der Waals surface area contributed by atoms with Crippen molar-refractivity contribution in [1.82, 2.24) is 10.3 Å². The van der Waals surface area contributed by atoms with Gasteiger partial charge in [0.15, 0.2) is 0 Å². The first kappa shape index (κ1) is 11.8. The largest absolute Gasteiger partial charge is 0.315 e. The third-order valence-corrected chi connectivity index (χ3v) is 5.68. The molecule has 2 aromatic rings. The number of hydrogen-bond acceptors (Lipinski definition) is 4. The molecule has 3 rings (SSSR count). The third kappa shape index (κ3) is 2.47. The Morgan fingerprint density at radius 3 is 2.82 bits per heavy atom. The summed E-state index contributed by atoms with van der Waals surface area (Å²) >= 11 is 7.10. The maximum absolute atomic E-state index is 4.84. The van der Waals surface area contributed by atoms with Crippen molar-refractivity contribution >= 4 is 38.6 Å². The van der Waals surface area contributed by atoms with E-state index in [1.807, 2.05) is 18.4 Å². The minimum Gasteiger partial charge on any atom is -0.315 e. The van der Waals surface area contributed by atoms with Gasteiger partial charge in [0.2, 0.25) is 0 Å². The van der Waals surface area contributed by atoms with Crippen molar-refractivity contribution in [2.24, 2.45) is 0 Å². The molecule has 0 spiro atoms. The standard InChI is InChI=1S/C12H13BrN2S2/c1-14-6-9-11(7-2-3-7)15-12(17-9)8-4-5-10(13)16-8/h4-5,7,14H,2-3,6H2,1H3. The van der Waals surface area contributed by atoms with Crippen LogP contribution in [0.5, 0.6) is 0 Å². The number of aromatic nitrogens is 1. The van der Waals surface area contributed by atoms with E-state index in [2.05, 4.69) is 33.4 Å². The van der Waals surface area contributed by atoms with Crippen molar-refractivity contribution < 1.29 is 0 Å².